The second kappa shape index (κ2) is 5.04. The number of fused-ring (bicyclic) bond motifs is 1. The molecule has 1 fully saturated rings. The van der Waals surface area contributed by atoms with Gasteiger partial charge in [-0.05, 0) is 31.0 Å². The van der Waals surface area contributed by atoms with Crippen molar-refractivity contribution in [2.45, 2.75) is 23.8 Å². The van der Waals surface area contributed by atoms with Crippen molar-refractivity contribution < 1.29 is 13.2 Å². The minimum atomic E-state index is -3.58. The fourth-order valence-electron chi connectivity index (χ4n) is 2.28. The minimum Gasteiger partial charge on any atom is -0.381 e. The summed E-state index contributed by atoms with van der Waals surface area (Å²) in [5, 5.41) is 0. The first-order valence-corrected chi connectivity index (χ1v) is 7.85. The first-order valence-electron chi connectivity index (χ1n) is 6.37. The zero-order valence-corrected chi connectivity index (χ0v) is 11.5. The van der Waals surface area contributed by atoms with Crippen LogP contribution < -0.4 is 10.4 Å². The van der Waals surface area contributed by atoms with E-state index in [1.54, 1.807) is 6.07 Å². The van der Waals surface area contributed by atoms with Crippen molar-refractivity contribution in [3.63, 3.8) is 0 Å². The maximum atomic E-state index is 12.3. The number of sulfonamides is 1. The maximum absolute atomic E-state index is 12.3. The summed E-state index contributed by atoms with van der Waals surface area (Å²) in [5.74, 6) is 0. The Morgan fingerprint density at radius 3 is 2.60 bits per heavy atom. The molecular formula is C12H15N3O4S. The molecule has 1 aliphatic rings. The van der Waals surface area contributed by atoms with Gasteiger partial charge in [-0.2, -0.15) is 0 Å². The van der Waals surface area contributed by atoms with E-state index in [9.17, 15) is 13.2 Å². The van der Waals surface area contributed by atoms with E-state index in [1.807, 2.05) is 0 Å². The van der Waals surface area contributed by atoms with Gasteiger partial charge in [0, 0.05) is 19.3 Å². The number of rotatable bonds is 3. The maximum Gasteiger partial charge on any atom is 0.323 e. The normalized spacial score (nSPS) is 17.6. The van der Waals surface area contributed by atoms with E-state index in [0.717, 1.165) is 0 Å². The number of benzene rings is 1. The molecular weight excluding hydrogens is 282 g/mol. The summed E-state index contributed by atoms with van der Waals surface area (Å²) in [6.07, 6.45) is 1.34. The number of ether oxygens (including phenoxy) is 1. The number of H-pyrrole nitrogens is 2. The minimum absolute atomic E-state index is 0.102. The number of hydrogen-bond acceptors (Lipinski definition) is 4. The van der Waals surface area contributed by atoms with Crippen LogP contribution in [0.1, 0.15) is 12.8 Å². The molecule has 1 aromatic heterocycles. The van der Waals surface area contributed by atoms with Crippen LogP contribution in [0.15, 0.2) is 27.9 Å². The molecule has 0 unspecified atom stereocenters. The van der Waals surface area contributed by atoms with Gasteiger partial charge in [0.1, 0.15) is 0 Å². The van der Waals surface area contributed by atoms with E-state index in [0.29, 0.717) is 37.1 Å². The van der Waals surface area contributed by atoms with Crippen LogP contribution in [-0.2, 0) is 14.8 Å². The highest BCUT2D eigenvalue weighted by atomic mass is 32.2. The van der Waals surface area contributed by atoms with Gasteiger partial charge < -0.3 is 14.7 Å². The number of hydrogen-bond donors (Lipinski definition) is 3. The fraction of sp³-hybridized carbons (Fsp3) is 0.417. The second-order valence-electron chi connectivity index (χ2n) is 4.79. The Bertz CT molecular complexity index is 771. The Balaban J connectivity index is 1.89. The summed E-state index contributed by atoms with van der Waals surface area (Å²) in [5.41, 5.74) is 0.705. The Kier molecular flexibility index (Phi) is 3.36. The third-order valence-corrected chi connectivity index (χ3v) is 4.86. The van der Waals surface area contributed by atoms with Gasteiger partial charge in [-0.3, -0.25) is 0 Å². The van der Waals surface area contributed by atoms with Crippen molar-refractivity contribution in [1.82, 2.24) is 14.7 Å². The molecule has 0 aliphatic carbocycles. The van der Waals surface area contributed by atoms with Crippen molar-refractivity contribution >= 4 is 21.1 Å². The quantitative estimate of drug-likeness (QED) is 0.758. The summed E-state index contributed by atoms with van der Waals surface area (Å²) < 4.78 is 32.5. The van der Waals surface area contributed by atoms with Gasteiger partial charge in [0.25, 0.3) is 0 Å². The fourth-order valence-corrected chi connectivity index (χ4v) is 3.61. The van der Waals surface area contributed by atoms with Crippen molar-refractivity contribution in [2.75, 3.05) is 13.2 Å². The average molecular weight is 297 g/mol. The molecule has 3 rings (SSSR count). The molecule has 1 aliphatic heterocycles. The SMILES string of the molecule is O=c1[nH]c2ccc(S(=O)(=O)NC3CCOCC3)cc2[nH]1. The first-order chi connectivity index (χ1) is 9.54. The number of nitrogens with one attached hydrogen (secondary N) is 3. The smallest absolute Gasteiger partial charge is 0.323 e. The Labute approximate surface area is 115 Å². The van der Waals surface area contributed by atoms with Crippen LogP contribution in [0.4, 0.5) is 0 Å². The Hall–Kier alpha value is -1.64. The van der Waals surface area contributed by atoms with E-state index in [-0.39, 0.29) is 16.6 Å². The molecule has 0 amide bonds. The lowest BCUT2D eigenvalue weighted by Crippen LogP contribution is -2.38. The summed E-state index contributed by atoms with van der Waals surface area (Å²) in [7, 11) is -3.58. The van der Waals surface area contributed by atoms with Gasteiger partial charge in [-0.25, -0.2) is 17.9 Å². The van der Waals surface area contributed by atoms with Crippen LogP contribution in [-0.4, -0.2) is 37.6 Å². The van der Waals surface area contributed by atoms with Gasteiger partial charge in [-0.1, -0.05) is 0 Å². The van der Waals surface area contributed by atoms with E-state index in [1.165, 1.54) is 12.1 Å². The molecule has 108 valence electrons. The predicted octanol–water partition coefficient (Wildman–Crippen LogP) is 0.313. The monoisotopic (exact) mass is 297 g/mol. The van der Waals surface area contributed by atoms with Crippen molar-refractivity contribution in [3.05, 3.63) is 28.7 Å². The van der Waals surface area contributed by atoms with Crippen molar-refractivity contribution in [2.24, 2.45) is 0 Å². The van der Waals surface area contributed by atoms with Gasteiger partial charge in [0.15, 0.2) is 0 Å². The van der Waals surface area contributed by atoms with E-state index >= 15 is 0 Å². The molecule has 1 aromatic carbocycles. The molecule has 20 heavy (non-hydrogen) atoms. The predicted molar refractivity (Wildman–Crippen MR) is 73.1 cm³/mol. The van der Waals surface area contributed by atoms with Crippen LogP contribution in [0.25, 0.3) is 11.0 Å². The highest BCUT2D eigenvalue weighted by Crippen LogP contribution is 2.17. The van der Waals surface area contributed by atoms with Crippen LogP contribution in [0.2, 0.25) is 0 Å². The molecule has 0 atom stereocenters. The van der Waals surface area contributed by atoms with Gasteiger partial charge in [-0.15, -0.1) is 0 Å². The lowest BCUT2D eigenvalue weighted by Gasteiger charge is -2.22. The lowest BCUT2D eigenvalue weighted by molar-refractivity contribution is 0.0832. The molecule has 0 radical (unpaired) electrons. The summed E-state index contributed by atoms with van der Waals surface area (Å²) in [6.45, 7) is 1.13. The van der Waals surface area contributed by atoms with Crippen molar-refractivity contribution in [3.8, 4) is 0 Å². The number of imidazole rings is 1. The summed E-state index contributed by atoms with van der Waals surface area (Å²) >= 11 is 0. The van der Waals surface area contributed by atoms with Crippen LogP contribution >= 0.6 is 0 Å². The standard InChI is InChI=1S/C12H15N3O4S/c16-12-13-10-2-1-9(7-11(10)14-12)20(17,18)15-8-3-5-19-6-4-8/h1-2,7-8,15H,3-6H2,(H2,13,14,16). The topological polar surface area (TPSA) is 104 Å². The zero-order valence-electron chi connectivity index (χ0n) is 10.7. The first kappa shape index (κ1) is 13.3. The largest absolute Gasteiger partial charge is 0.381 e. The van der Waals surface area contributed by atoms with E-state index in [4.69, 9.17) is 4.74 Å². The Morgan fingerprint density at radius 2 is 1.85 bits per heavy atom. The average Bonchev–Trinajstić information content (AvgIpc) is 2.78. The van der Waals surface area contributed by atoms with Crippen LogP contribution in [0, 0.1) is 0 Å². The second-order valence-corrected chi connectivity index (χ2v) is 6.51. The molecule has 0 spiro atoms. The highest BCUT2D eigenvalue weighted by molar-refractivity contribution is 7.89. The third kappa shape index (κ3) is 2.62. The molecule has 7 nitrogen and oxygen atoms in total. The molecule has 8 heteroatoms. The van der Waals surface area contributed by atoms with Gasteiger partial charge >= 0.3 is 5.69 Å². The lowest BCUT2D eigenvalue weighted by atomic mass is 10.1. The third-order valence-electron chi connectivity index (χ3n) is 3.34. The van der Waals surface area contributed by atoms with Gasteiger partial charge in [0.2, 0.25) is 10.0 Å². The Morgan fingerprint density at radius 1 is 1.15 bits per heavy atom. The zero-order chi connectivity index (χ0) is 14.2. The van der Waals surface area contributed by atoms with Crippen molar-refractivity contribution in [1.29, 1.82) is 0 Å². The molecule has 1 saturated heterocycles. The molecule has 2 heterocycles. The van der Waals surface area contributed by atoms with Crippen LogP contribution in [0.5, 0.6) is 0 Å². The van der Waals surface area contributed by atoms with Gasteiger partial charge in [0.05, 0.1) is 15.9 Å². The van der Waals surface area contributed by atoms with Crippen LogP contribution in [0.3, 0.4) is 0 Å². The molecule has 0 bridgehead atoms. The summed E-state index contributed by atoms with van der Waals surface area (Å²) in [6, 6.07) is 4.41. The van der Waals surface area contributed by atoms with E-state index < -0.39 is 10.0 Å². The molecule has 0 saturated carbocycles. The number of aromatic nitrogens is 2. The van der Waals surface area contributed by atoms with E-state index in [2.05, 4.69) is 14.7 Å². The summed E-state index contributed by atoms with van der Waals surface area (Å²) in [4.78, 5) is 16.4. The highest BCUT2D eigenvalue weighted by Gasteiger charge is 2.22. The number of aromatic amines is 2. The molecule has 2 aromatic rings. The molecule has 3 N–H and O–H groups in total.